The first-order valence-corrected chi connectivity index (χ1v) is 12.5. The lowest BCUT2D eigenvalue weighted by molar-refractivity contribution is 0.0508. The van der Waals surface area contributed by atoms with Gasteiger partial charge in [-0.15, -0.1) is 0 Å². The molecule has 2 heterocycles. The Morgan fingerprint density at radius 3 is 2.55 bits per heavy atom. The number of piperidine rings is 1. The van der Waals surface area contributed by atoms with E-state index in [1.54, 1.807) is 24.8 Å². The molecule has 8 nitrogen and oxygen atoms in total. The van der Waals surface area contributed by atoms with Crippen LogP contribution in [0, 0.1) is 5.82 Å². The van der Waals surface area contributed by atoms with Crippen LogP contribution in [0.5, 0.6) is 5.75 Å². The van der Waals surface area contributed by atoms with Gasteiger partial charge in [0, 0.05) is 37.8 Å². The van der Waals surface area contributed by atoms with Gasteiger partial charge in [0.2, 0.25) is 5.89 Å². The van der Waals surface area contributed by atoms with E-state index in [0.29, 0.717) is 42.6 Å². The van der Waals surface area contributed by atoms with E-state index in [0.717, 1.165) is 6.26 Å². The number of carbonyl (C=O) groups excluding carboxylic acids is 1. The van der Waals surface area contributed by atoms with Crippen molar-refractivity contribution in [2.75, 3.05) is 19.3 Å². The number of hydrogen-bond donors (Lipinski definition) is 0. The standard InChI is InChI=1S/C23H25FN2O6S/c1-14(2)30-23(27)26-10-8-16(9-11-26)31-20-6-4-15(12-18(20)24)22-25-19-13-17(33(3,28)29)5-7-21(19)32-22/h4-7,12-14,16H,8-11H2,1-3H3. The number of likely N-dealkylation sites (tertiary alicyclic amines) is 1. The van der Waals surface area contributed by atoms with Gasteiger partial charge in [-0.3, -0.25) is 0 Å². The van der Waals surface area contributed by atoms with Crippen LogP contribution < -0.4 is 4.74 Å². The van der Waals surface area contributed by atoms with Crippen LogP contribution in [0.3, 0.4) is 0 Å². The van der Waals surface area contributed by atoms with E-state index in [2.05, 4.69) is 4.98 Å². The van der Waals surface area contributed by atoms with Gasteiger partial charge in [-0.05, 0) is 50.2 Å². The molecule has 1 aromatic heterocycles. The van der Waals surface area contributed by atoms with Crippen molar-refractivity contribution in [2.24, 2.45) is 0 Å². The number of aromatic nitrogens is 1. The van der Waals surface area contributed by atoms with Crippen LogP contribution >= 0.6 is 0 Å². The van der Waals surface area contributed by atoms with Crippen molar-refractivity contribution in [3.63, 3.8) is 0 Å². The first kappa shape index (κ1) is 23.0. The summed E-state index contributed by atoms with van der Waals surface area (Å²) in [5, 5.41) is 0. The molecule has 4 rings (SSSR count). The summed E-state index contributed by atoms with van der Waals surface area (Å²) in [6.07, 6.45) is 1.52. The Morgan fingerprint density at radius 2 is 1.91 bits per heavy atom. The normalized spacial score (nSPS) is 15.2. The fourth-order valence-corrected chi connectivity index (χ4v) is 4.24. The maximum atomic E-state index is 14.8. The predicted octanol–water partition coefficient (Wildman–Crippen LogP) is 4.43. The van der Waals surface area contributed by atoms with E-state index in [4.69, 9.17) is 13.9 Å². The minimum Gasteiger partial charge on any atom is -0.487 e. The van der Waals surface area contributed by atoms with Crippen LogP contribution in [-0.2, 0) is 14.6 Å². The quantitative estimate of drug-likeness (QED) is 0.537. The van der Waals surface area contributed by atoms with E-state index in [9.17, 15) is 17.6 Å². The monoisotopic (exact) mass is 476 g/mol. The number of ether oxygens (including phenoxy) is 2. The first-order chi connectivity index (χ1) is 15.6. The van der Waals surface area contributed by atoms with Gasteiger partial charge in [0.05, 0.1) is 11.0 Å². The second-order valence-electron chi connectivity index (χ2n) is 8.30. The number of rotatable bonds is 5. The second-order valence-corrected chi connectivity index (χ2v) is 10.3. The molecule has 0 saturated carbocycles. The first-order valence-electron chi connectivity index (χ1n) is 10.6. The van der Waals surface area contributed by atoms with Gasteiger partial charge in [-0.1, -0.05) is 0 Å². The summed E-state index contributed by atoms with van der Waals surface area (Å²) in [6, 6.07) is 8.81. The highest BCUT2D eigenvalue weighted by atomic mass is 32.2. The maximum absolute atomic E-state index is 14.8. The van der Waals surface area contributed by atoms with Gasteiger partial charge in [-0.25, -0.2) is 22.6 Å². The molecule has 1 aliphatic rings. The molecule has 176 valence electrons. The summed E-state index contributed by atoms with van der Waals surface area (Å²) in [7, 11) is -3.38. The highest BCUT2D eigenvalue weighted by Gasteiger charge is 2.26. The largest absolute Gasteiger partial charge is 0.487 e. The minimum absolute atomic E-state index is 0.109. The van der Waals surface area contributed by atoms with Crippen LogP contribution in [0.4, 0.5) is 9.18 Å². The number of oxazole rings is 1. The molecule has 1 fully saturated rings. The Morgan fingerprint density at radius 1 is 1.18 bits per heavy atom. The molecule has 0 N–H and O–H groups in total. The number of amides is 1. The number of sulfone groups is 1. The zero-order valence-corrected chi connectivity index (χ0v) is 19.4. The number of nitrogens with zero attached hydrogens (tertiary/aromatic N) is 2. The average Bonchev–Trinajstić information content (AvgIpc) is 3.18. The topological polar surface area (TPSA) is 98.9 Å². The van der Waals surface area contributed by atoms with Gasteiger partial charge < -0.3 is 18.8 Å². The lowest BCUT2D eigenvalue weighted by Crippen LogP contribution is -2.42. The molecule has 2 aromatic carbocycles. The Balaban J connectivity index is 1.44. The fourth-order valence-electron chi connectivity index (χ4n) is 3.60. The third-order valence-corrected chi connectivity index (χ3v) is 6.41. The number of halogens is 1. The SMILES string of the molecule is CC(C)OC(=O)N1CCC(Oc2ccc(-c3nc4cc(S(C)(=O)=O)ccc4o3)cc2F)CC1. The van der Waals surface area contributed by atoms with Gasteiger partial charge in [-0.2, -0.15) is 0 Å². The van der Waals surface area contributed by atoms with E-state index in [1.807, 2.05) is 0 Å². The number of hydrogen-bond acceptors (Lipinski definition) is 7. The van der Waals surface area contributed by atoms with E-state index in [-0.39, 0.29) is 34.8 Å². The fraction of sp³-hybridized carbons (Fsp3) is 0.391. The molecule has 0 spiro atoms. The summed E-state index contributed by atoms with van der Waals surface area (Å²) in [5.74, 6) is -0.274. The van der Waals surface area contributed by atoms with E-state index < -0.39 is 15.7 Å². The molecule has 1 amide bonds. The van der Waals surface area contributed by atoms with Crippen molar-refractivity contribution in [1.29, 1.82) is 0 Å². The third kappa shape index (κ3) is 5.27. The molecular formula is C23H25FN2O6S. The lowest BCUT2D eigenvalue weighted by Gasteiger charge is -2.32. The summed E-state index contributed by atoms with van der Waals surface area (Å²) >= 11 is 0. The molecule has 0 aliphatic carbocycles. The molecule has 0 bridgehead atoms. The molecule has 33 heavy (non-hydrogen) atoms. The Labute approximate surface area is 191 Å². The van der Waals surface area contributed by atoms with Crippen LogP contribution in [-0.4, -0.2) is 55.9 Å². The van der Waals surface area contributed by atoms with Crippen molar-refractivity contribution < 1.29 is 31.5 Å². The van der Waals surface area contributed by atoms with Crippen LogP contribution in [0.25, 0.3) is 22.6 Å². The van der Waals surface area contributed by atoms with Gasteiger partial charge in [0.15, 0.2) is 27.0 Å². The zero-order chi connectivity index (χ0) is 23.8. The van der Waals surface area contributed by atoms with Crippen LogP contribution in [0.15, 0.2) is 45.7 Å². The highest BCUT2D eigenvalue weighted by Crippen LogP contribution is 2.30. The molecule has 10 heteroatoms. The summed E-state index contributed by atoms with van der Waals surface area (Å²) in [4.78, 5) is 18.1. The molecule has 1 aliphatic heterocycles. The minimum atomic E-state index is -3.38. The van der Waals surface area contributed by atoms with Crippen LogP contribution in [0.1, 0.15) is 26.7 Å². The maximum Gasteiger partial charge on any atom is 0.410 e. The molecule has 0 unspecified atom stereocenters. The van der Waals surface area contributed by atoms with Crippen LogP contribution in [0.2, 0.25) is 0 Å². The van der Waals surface area contributed by atoms with Crippen molar-refractivity contribution in [3.8, 4) is 17.2 Å². The predicted molar refractivity (Wildman–Crippen MR) is 119 cm³/mol. The average molecular weight is 477 g/mol. The molecule has 0 radical (unpaired) electrons. The Bertz CT molecular complexity index is 1280. The molecule has 3 aromatic rings. The molecular weight excluding hydrogens is 451 g/mol. The number of benzene rings is 2. The van der Waals surface area contributed by atoms with Gasteiger partial charge in [0.25, 0.3) is 0 Å². The smallest absolute Gasteiger partial charge is 0.410 e. The van der Waals surface area contributed by atoms with E-state index >= 15 is 0 Å². The molecule has 1 saturated heterocycles. The summed E-state index contributed by atoms with van der Waals surface area (Å²) < 4.78 is 54.9. The Hall–Kier alpha value is -3.14. The third-order valence-electron chi connectivity index (χ3n) is 5.30. The van der Waals surface area contributed by atoms with Crippen molar-refractivity contribution in [1.82, 2.24) is 9.88 Å². The van der Waals surface area contributed by atoms with E-state index in [1.165, 1.54) is 30.3 Å². The second kappa shape index (κ2) is 9.01. The Kier molecular flexibility index (Phi) is 6.29. The number of fused-ring (bicyclic) bond motifs is 1. The summed E-state index contributed by atoms with van der Waals surface area (Å²) in [6.45, 7) is 4.56. The zero-order valence-electron chi connectivity index (χ0n) is 18.6. The van der Waals surface area contributed by atoms with Crippen molar-refractivity contribution >= 4 is 27.0 Å². The number of carbonyl (C=O) groups is 1. The van der Waals surface area contributed by atoms with Crippen molar-refractivity contribution in [3.05, 3.63) is 42.2 Å². The van der Waals surface area contributed by atoms with Gasteiger partial charge in [0.1, 0.15) is 11.6 Å². The molecule has 0 atom stereocenters. The highest BCUT2D eigenvalue weighted by molar-refractivity contribution is 7.90. The van der Waals surface area contributed by atoms with Gasteiger partial charge >= 0.3 is 6.09 Å². The summed E-state index contributed by atoms with van der Waals surface area (Å²) in [5.41, 5.74) is 1.18. The lowest BCUT2D eigenvalue weighted by atomic mass is 10.1. The van der Waals surface area contributed by atoms with Crippen molar-refractivity contribution in [2.45, 2.75) is 43.8 Å².